The Morgan fingerprint density at radius 3 is 2.56 bits per heavy atom. The van der Waals surface area contributed by atoms with Crippen LogP contribution in [0.4, 0.5) is 9.59 Å². The summed E-state index contributed by atoms with van der Waals surface area (Å²) in [6, 6.07) is -0.232. The zero-order valence-corrected chi connectivity index (χ0v) is 10.3. The first-order valence-electron chi connectivity index (χ1n) is 6.15. The van der Waals surface area contributed by atoms with Gasteiger partial charge >= 0.3 is 12.1 Å². The van der Waals surface area contributed by atoms with E-state index in [1.807, 2.05) is 6.92 Å². The van der Waals surface area contributed by atoms with Gasteiger partial charge in [-0.1, -0.05) is 0 Å². The van der Waals surface area contributed by atoms with E-state index in [-0.39, 0.29) is 24.6 Å². The molecule has 2 fully saturated rings. The van der Waals surface area contributed by atoms with Gasteiger partial charge in [0, 0.05) is 25.7 Å². The number of likely N-dealkylation sites (tertiary alicyclic amines) is 1. The van der Waals surface area contributed by atoms with E-state index < -0.39 is 6.09 Å². The van der Waals surface area contributed by atoms with Crippen LogP contribution in [-0.2, 0) is 9.53 Å². The Balaban J connectivity index is 1.88. The monoisotopic (exact) mass is 255 g/mol. The summed E-state index contributed by atoms with van der Waals surface area (Å²) in [5, 5.41) is 2.73. The number of nitrogens with zero attached hydrogens (tertiary/aromatic N) is 2. The fourth-order valence-electron chi connectivity index (χ4n) is 2.31. The number of imide groups is 1. The molecule has 0 aromatic rings. The maximum Gasteiger partial charge on any atom is 0.417 e. The second-order valence-corrected chi connectivity index (χ2v) is 4.37. The fraction of sp³-hybridized carbons (Fsp3) is 0.727. The van der Waals surface area contributed by atoms with Crippen molar-refractivity contribution in [2.75, 3.05) is 26.2 Å². The van der Waals surface area contributed by atoms with Gasteiger partial charge in [-0.3, -0.25) is 4.79 Å². The molecule has 2 aliphatic rings. The Kier molecular flexibility index (Phi) is 3.69. The molecule has 1 N–H and O–H groups in total. The Morgan fingerprint density at radius 1 is 1.39 bits per heavy atom. The first-order chi connectivity index (χ1) is 8.63. The number of hydrogen-bond donors (Lipinski definition) is 1. The molecule has 18 heavy (non-hydrogen) atoms. The van der Waals surface area contributed by atoms with Gasteiger partial charge in [0.05, 0.1) is 0 Å². The average Bonchev–Trinajstić information content (AvgIpc) is 2.70. The second kappa shape index (κ2) is 5.24. The molecule has 0 unspecified atom stereocenters. The van der Waals surface area contributed by atoms with Gasteiger partial charge < -0.3 is 15.0 Å². The molecule has 4 amide bonds. The minimum atomic E-state index is -0.559. The highest BCUT2D eigenvalue weighted by Crippen LogP contribution is 2.20. The highest BCUT2D eigenvalue weighted by Gasteiger charge is 2.38. The number of carbonyl (C=O) groups excluding carboxylic acids is 3. The summed E-state index contributed by atoms with van der Waals surface area (Å²) in [5.41, 5.74) is 0. The Bertz CT molecular complexity index is 347. The predicted octanol–water partition coefficient (Wildman–Crippen LogP) is 0.159. The molecule has 0 aromatic heterocycles. The molecule has 2 heterocycles. The van der Waals surface area contributed by atoms with Gasteiger partial charge in [-0.2, -0.15) is 0 Å². The number of carbonyl (C=O) groups is 3. The number of amides is 4. The maximum absolute atomic E-state index is 11.6. The van der Waals surface area contributed by atoms with Crippen LogP contribution >= 0.6 is 0 Å². The molecule has 2 rings (SSSR count). The van der Waals surface area contributed by atoms with Crippen molar-refractivity contribution in [3.05, 3.63) is 0 Å². The molecular weight excluding hydrogens is 238 g/mol. The zero-order valence-electron chi connectivity index (χ0n) is 10.3. The number of urea groups is 1. The number of piperidine rings is 1. The van der Waals surface area contributed by atoms with E-state index in [9.17, 15) is 14.4 Å². The SMILES string of the molecule is CCNC(=O)N1CCC(N2C(=O)COC2=O)CC1. The minimum absolute atomic E-state index is 0.0914. The summed E-state index contributed by atoms with van der Waals surface area (Å²) >= 11 is 0. The van der Waals surface area contributed by atoms with E-state index in [0.29, 0.717) is 32.5 Å². The molecule has 0 saturated carbocycles. The lowest BCUT2D eigenvalue weighted by molar-refractivity contribution is -0.127. The maximum atomic E-state index is 11.6. The molecular formula is C11H17N3O4. The van der Waals surface area contributed by atoms with Crippen molar-refractivity contribution in [3.63, 3.8) is 0 Å². The topological polar surface area (TPSA) is 79.0 Å². The quantitative estimate of drug-likeness (QED) is 0.762. The summed E-state index contributed by atoms with van der Waals surface area (Å²) in [7, 11) is 0. The standard InChI is InChI=1S/C11H17N3O4/c1-2-12-10(16)13-5-3-8(4-6-13)14-9(15)7-18-11(14)17/h8H,2-7H2,1H3,(H,12,16). The van der Waals surface area contributed by atoms with Gasteiger partial charge in [-0.05, 0) is 19.8 Å². The number of ether oxygens (including phenoxy) is 1. The predicted molar refractivity (Wildman–Crippen MR) is 61.9 cm³/mol. The van der Waals surface area contributed by atoms with E-state index in [0.717, 1.165) is 0 Å². The van der Waals surface area contributed by atoms with Gasteiger partial charge in [0.2, 0.25) is 0 Å². The molecule has 0 spiro atoms. The van der Waals surface area contributed by atoms with Crippen molar-refractivity contribution in [2.24, 2.45) is 0 Å². The number of rotatable bonds is 2. The zero-order chi connectivity index (χ0) is 13.1. The summed E-state index contributed by atoms with van der Waals surface area (Å²) < 4.78 is 4.69. The molecule has 100 valence electrons. The third kappa shape index (κ3) is 2.39. The van der Waals surface area contributed by atoms with Crippen molar-refractivity contribution in [1.82, 2.24) is 15.1 Å². The molecule has 0 atom stereocenters. The molecule has 7 nitrogen and oxygen atoms in total. The molecule has 2 aliphatic heterocycles. The third-order valence-electron chi connectivity index (χ3n) is 3.23. The van der Waals surface area contributed by atoms with Crippen LogP contribution in [0.3, 0.4) is 0 Å². The first-order valence-corrected chi connectivity index (χ1v) is 6.15. The highest BCUT2D eigenvalue weighted by molar-refractivity contribution is 5.98. The summed E-state index contributed by atoms with van der Waals surface area (Å²) in [5.74, 6) is -0.281. The number of cyclic esters (lactones) is 1. The van der Waals surface area contributed by atoms with Crippen LogP contribution in [0.5, 0.6) is 0 Å². The van der Waals surface area contributed by atoms with Crippen molar-refractivity contribution >= 4 is 18.0 Å². The minimum Gasteiger partial charge on any atom is -0.439 e. The van der Waals surface area contributed by atoms with Crippen LogP contribution in [0.1, 0.15) is 19.8 Å². The number of nitrogens with one attached hydrogen (secondary N) is 1. The molecule has 0 radical (unpaired) electrons. The van der Waals surface area contributed by atoms with Gasteiger partial charge in [0.15, 0.2) is 6.61 Å². The largest absolute Gasteiger partial charge is 0.439 e. The average molecular weight is 255 g/mol. The van der Waals surface area contributed by atoms with Crippen molar-refractivity contribution < 1.29 is 19.1 Å². The highest BCUT2D eigenvalue weighted by atomic mass is 16.6. The molecule has 0 bridgehead atoms. The van der Waals surface area contributed by atoms with Crippen LogP contribution in [0.25, 0.3) is 0 Å². The Morgan fingerprint density at radius 2 is 2.06 bits per heavy atom. The van der Waals surface area contributed by atoms with Crippen LogP contribution in [-0.4, -0.2) is 60.1 Å². The lowest BCUT2D eigenvalue weighted by Gasteiger charge is -2.34. The van der Waals surface area contributed by atoms with E-state index in [2.05, 4.69) is 10.1 Å². The molecule has 2 saturated heterocycles. The Labute approximate surface area is 105 Å². The van der Waals surface area contributed by atoms with Crippen molar-refractivity contribution in [3.8, 4) is 0 Å². The van der Waals surface area contributed by atoms with Gasteiger partial charge in [0.25, 0.3) is 5.91 Å². The van der Waals surface area contributed by atoms with Crippen LogP contribution < -0.4 is 5.32 Å². The van der Waals surface area contributed by atoms with Gasteiger partial charge in [-0.25, -0.2) is 14.5 Å². The van der Waals surface area contributed by atoms with E-state index in [1.165, 1.54) is 4.90 Å². The summed E-state index contributed by atoms with van der Waals surface area (Å²) in [6.07, 6.45) is 0.659. The molecule has 0 aliphatic carbocycles. The summed E-state index contributed by atoms with van der Waals surface area (Å²) in [6.45, 7) is 3.40. The third-order valence-corrected chi connectivity index (χ3v) is 3.23. The van der Waals surface area contributed by atoms with Crippen LogP contribution in [0.2, 0.25) is 0 Å². The van der Waals surface area contributed by atoms with E-state index in [4.69, 9.17) is 0 Å². The smallest absolute Gasteiger partial charge is 0.417 e. The molecule has 0 aromatic carbocycles. The molecule has 7 heteroatoms. The normalized spacial score (nSPS) is 21.2. The Hall–Kier alpha value is -1.79. The van der Waals surface area contributed by atoms with Crippen LogP contribution in [0.15, 0.2) is 0 Å². The lowest BCUT2D eigenvalue weighted by Crippen LogP contribution is -2.50. The van der Waals surface area contributed by atoms with Crippen molar-refractivity contribution in [1.29, 1.82) is 0 Å². The van der Waals surface area contributed by atoms with Crippen molar-refractivity contribution in [2.45, 2.75) is 25.8 Å². The van der Waals surface area contributed by atoms with E-state index in [1.54, 1.807) is 4.90 Å². The second-order valence-electron chi connectivity index (χ2n) is 4.37. The fourth-order valence-corrected chi connectivity index (χ4v) is 2.31. The first kappa shape index (κ1) is 12.7. The lowest BCUT2D eigenvalue weighted by atomic mass is 10.0. The van der Waals surface area contributed by atoms with E-state index >= 15 is 0 Å². The van der Waals surface area contributed by atoms with Crippen LogP contribution in [0, 0.1) is 0 Å². The van der Waals surface area contributed by atoms with Gasteiger partial charge in [-0.15, -0.1) is 0 Å². The number of hydrogen-bond acceptors (Lipinski definition) is 4. The summed E-state index contributed by atoms with van der Waals surface area (Å²) in [4.78, 5) is 37.4. The van der Waals surface area contributed by atoms with Gasteiger partial charge in [0.1, 0.15) is 0 Å².